The summed E-state index contributed by atoms with van der Waals surface area (Å²) in [6.07, 6.45) is 1.10. The van der Waals surface area contributed by atoms with E-state index in [2.05, 4.69) is 23.8 Å². The van der Waals surface area contributed by atoms with Crippen molar-refractivity contribution in [2.75, 3.05) is 5.73 Å². The van der Waals surface area contributed by atoms with E-state index in [9.17, 15) is 5.11 Å². The van der Waals surface area contributed by atoms with E-state index in [1.54, 1.807) is 6.92 Å². The lowest BCUT2D eigenvalue weighted by Crippen LogP contribution is -2.16. The van der Waals surface area contributed by atoms with Crippen LogP contribution in [0.5, 0.6) is 0 Å². The third kappa shape index (κ3) is 3.09. The first-order valence-electron chi connectivity index (χ1n) is 5.38. The monoisotopic (exact) mass is 241 g/mol. The van der Waals surface area contributed by atoms with E-state index in [1.807, 2.05) is 6.92 Å². The molecule has 0 spiro atoms. The van der Waals surface area contributed by atoms with Gasteiger partial charge < -0.3 is 10.8 Å². The predicted molar refractivity (Wildman–Crippen MR) is 67.5 cm³/mol. The molecule has 2 unspecified atom stereocenters. The lowest BCUT2D eigenvalue weighted by Gasteiger charge is -2.17. The molecule has 90 valence electrons. The molecule has 2 atom stereocenters. The van der Waals surface area contributed by atoms with Crippen LogP contribution in [0.15, 0.2) is 11.4 Å². The second kappa shape index (κ2) is 5.50. The van der Waals surface area contributed by atoms with E-state index in [4.69, 9.17) is 5.73 Å². The van der Waals surface area contributed by atoms with Gasteiger partial charge in [0.15, 0.2) is 0 Å². The fourth-order valence-corrected chi connectivity index (χ4v) is 2.43. The summed E-state index contributed by atoms with van der Waals surface area (Å²) in [5.74, 6) is 0.815. The molecule has 1 aromatic heterocycles. The third-order valence-corrected chi connectivity index (χ3v) is 3.75. The van der Waals surface area contributed by atoms with Gasteiger partial charge in [0.1, 0.15) is 17.2 Å². The maximum atomic E-state index is 9.49. The molecule has 1 rings (SSSR count). The number of nitrogens with two attached hydrogens (primary N) is 1. The lowest BCUT2D eigenvalue weighted by atomic mass is 10.1. The molecular formula is C11H19N3OS. The number of hydrogen-bond donors (Lipinski definition) is 2. The van der Waals surface area contributed by atoms with Gasteiger partial charge in [-0.3, -0.25) is 0 Å². The lowest BCUT2D eigenvalue weighted by molar-refractivity contribution is 0.196. The van der Waals surface area contributed by atoms with E-state index < -0.39 is 0 Å². The molecule has 0 bridgehead atoms. The summed E-state index contributed by atoms with van der Waals surface area (Å²) >= 11 is 1.54. The molecule has 0 aliphatic carbocycles. The molecule has 0 amide bonds. The van der Waals surface area contributed by atoms with Gasteiger partial charge in [0.25, 0.3) is 0 Å². The first-order chi connectivity index (χ1) is 7.43. The summed E-state index contributed by atoms with van der Waals surface area (Å²) in [4.78, 5) is 8.25. The molecule has 0 saturated heterocycles. The molecule has 3 N–H and O–H groups in total. The topological polar surface area (TPSA) is 72.0 Å². The maximum Gasteiger partial charge on any atom is 0.131 e. The smallest absolute Gasteiger partial charge is 0.131 e. The van der Waals surface area contributed by atoms with Crippen LogP contribution in [0.3, 0.4) is 0 Å². The first kappa shape index (κ1) is 13.3. The van der Waals surface area contributed by atoms with Crippen LogP contribution in [0.4, 0.5) is 5.82 Å². The highest BCUT2D eigenvalue weighted by Gasteiger charge is 2.18. The Bertz CT molecular complexity index is 355. The predicted octanol–water partition coefficient (Wildman–Crippen LogP) is 2.04. The van der Waals surface area contributed by atoms with Crippen molar-refractivity contribution in [3.05, 3.63) is 11.9 Å². The van der Waals surface area contributed by atoms with E-state index in [0.717, 1.165) is 10.6 Å². The molecule has 5 heteroatoms. The quantitative estimate of drug-likeness (QED) is 0.623. The second-order valence-corrected chi connectivity index (χ2v) is 5.56. The van der Waals surface area contributed by atoms with Crippen molar-refractivity contribution in [1.29, 1.82) is 0 Å². The van der Waals surface area contributed by atoms with Gasteiger partial charge in [-0.25, -0.2) is 9.97 Å². The number of nitrogens with zero attached hydrogens (tertiary/aromatic N) is 2. The van der Waals surface area contributed by atoms with Crippen molar-refractivity contribution in [2.45, 2.75) is 50.0 Å². The van der Waals surface area contributed by atoms with Crippen molar-refractivity contribution in [1.82, 2.24) is 9.97 Å². The molecule has 0 radical (unpaired) electrons. The molecule has 4 nitrogen and oxygen atoms in total. The Balaban J connectivity index is 2.99. The summed E-state index contributed by atoms with van der Waals surface area (Å²) in [5, 5.41) is 10.4. The van der Waals surface area contributed by atoms with Gasteiger partial charge >= 0.3 is 0 Å². The zero-order valence-corrected chi connectivity index (χ0v) is 11.0. The van der Waals surface area contributed by atoms with Crippen molar-refractivity contribution < 1.29 is 5.11 Å². The van der Waals surface area contributed by atoms with Crippen LogP contribution in [-0.2, 0) is 0 Å². The molecule has 0 fully saturated rings. The van der Waals surface area contributed by atoms with E-state index in [1.165, 1.54) is 18.1 Å². The minimum Gasteiger partial charge on any atom is -0.392 e. The number of rotatable bonds is 4. The minimum atomic E-state index is -0.374. The number of nitrogen functional groups attached to an aromatic ring is 1. The zero-order valence-electron chi connectivity index (χ0n) is 10.1. The summed E-state index contributed by atoms with van der Waals surface area (Å²) < 4.78 is 0. The Morgan fingerprint density at radius 1 is 1.25 bits per heavy atom. The molecule has 0 aliphatic heterocycles. The Hall–Kier alpha value is -0.810. The van der Waals surface area contributed by atoms with Crippen LogP contribution in [0.1, 0.15) is 39.2 Å². The Morgan fingerprint density at radius 2 is 1.88 bits per heavy atom. The molecule has 1 heterocycles. The summed E-state index contributed by atoms with van der Waals surface area (Å²) in [6, 6.07) is 0. The molecule has 16 heavy (non-hydrogen) atoms. The van der Waals surface area contributed by atoms with Crippen LogP contribution in [0, 0.1) is 0 Å². The third-order valence-electron chi connectivity index (χ3n) is 2.43. The van der Waals surface area contributed by atoms with E-state index in [0.29, 0.717) is 5.82 Å². The highest BCUT2D eigenvalue weighted by Crippen LogP contribution is 2.32. The van der Waals surface area contributed by atoms with Crippen molar-refractivity contribution in [3.63, 3.8) is 0 Å². The molecule has 0 saturated carbocycles. The molecule has 0 aromatic carbocycles. The van der Waals surface area contributed by atoms with Crippen LogP contribution >= 0.6 is 11.8 Å². The van der Waals surface area contributed by atoms with Crippen LogP contribution < -0.4 is 5.73 Å². The zero-order chi connectivity index (χ0) is 12.3. The van der Waals surface area contributed by atoms with Gasteiger partial charge in [-0.2, -0.15) is 0 Å². The van der Waals surface area contributed by atoms with Crippen LogP contribution in [0.25, 0.3) is 0 Å². The van der Waals surface area contributed by atoms with Gasteiger partial charge in [-0.05, 0) is 12.8 Å². The van der Waals surface area contributed by atoms with Crippen molar-refractivity contribution in [2.24, 2.45) is 0 Å². The van der Waals surface area contributed by atoms with E-state index >= 15 is 0 Å². The van der Waals surface area contributed by atoms with Crippen LogP contribution in [0.2, 0.25) is 0 Å². The SMILES string of the molecule is CC(C)c1c(N)ncnc1SC(C)C(C)O. The fourth-order valence-electron chi connectivity index (χ4n) is 1.30. The number of aliphatic hydroxyl groups is 1. The molecular weight excluding hydrogens is 222 g/mol. The van der Waals surface area contributed by atoms with Gasteiger partial charge in [0.05, 0.1) is 6.10 Å². The highest BCUT2D eigenvalue weighted by molar-refractivity contribution is 7.99. The average Bonchev–Trinajstić information content (AvgIpc) is 2.16. The number of aromatic nitrogens is 2. The van der Waals surface area contributed by atoms with Gasteiger partial charge in [-0.15, -0.1) is 11.8 Å². The number of hydrogen-bond acceptors (Lipinski definition) is 5. The maximum absolute atomic E-state index is 9.49. The number of thioether (sulfide) groups is 1. The van der Waals surface area contributed by atoms with Gasteiger partial charge in [0.2, 0.25) is 0 Å². The molecule has 1 aromatic rings. The Kier molecular flexibility index (Phi) is 4.56. The Labute approximate surface area is 101 Å². The van der Waals surface area contributed by atoms with Gasteiger partial charge in [-0.1, -0.05) is 20.8 Å². The van der Waals surface area contributed by atoms with Crippen LogP contribution in [-0.4, -0.2) is 26.4 Å². The van der Waals surface area contributed by atoms with Crippen molar-refractivity contribution in [3.8, 4) is 0 Å². The average molecular weight is 241 g/mol. The summed E-state index contributed by atoms with van der Waals surface area (Å²) in [7, 11) is 0. The van der Waals surface area contributed by atoms with Crippen molar-refractivity contribution >= 4 is 17.6 Å². The molecule has 0 aliphatic rings. The second-order valence-electron chi connectivity index (χ2n) is 4.20. The van der Waals surface area contributed by atoms with Gasteiger partial charge in [0, 0.05) is 10.8 Å². The number of anilines is 1. The fraction of sp³-hybridized carbons (Fsp3) is 0.636. The first-order valence-corrected chi connectivity index (χ1v) is 6.26. The highest BCUT2D eigenvalue weighted by atomic mass is 32.2. The largest absolute Gasteiger partial charge is 0.392 e. The van der Waals surface area contributed by atoms with E-state index in [-0.39, 0.29) is 17.3 Å². The standard InChI is InChI=1S/C11H19N3OS/c1-6(2)9-10(12)13-5-14-11(9)16-8(4)7(3)15/h5-8,15H,1-4H3,(H2,12,13,14). The summed E-state index contributed by atoms with van der Waals surface area (Å²) in [5.41, 5.74) is 6.82. The Morgan fingerprint density at radius 3 is 2.38 bits per heavy atom. The summed E-state index contributed by atoms with van der Waals surface area (Å²) in [6.45, 7) is 7.87. The number of aliphatic hydroxyl groups excluding tert-OH is 1. The minimum absolute atomic E-state index is 0.0896. The normalized spacial score (nSPS) is 15.1.